The molecule has 1 aromatic rings. The highest BCUT2D eigenvalue weighted by atomic mass is 31.3. The molecule has 0 aromatic carbocycles. The van der Waals surface area contributed by atoms with Crippen molar-refractivity contribution in [2.75, 3.05) is 13.2 Å². The number of nitrogens with zero attached hydrogens (tertiary/aromatic N) is 1. The number of aliphatic hydroxyl groups excluding tert-OH is 5. The van der Waals surface area contributed by atoms with Gasteiger partial charge in [0.2, 0.25) is 0 Å². The molecule has 2 aliphatic rings. The van der Waals surface area contributed by atoms with Gasteiger partial charge in [0.05, 0.1) is 13.2 Å². The van der Waals surface area contributed by atoms with Crippen LogP contribution in [0.1, 0.15) is 6.23 Å². The fourth-order valence-corrected chi connectivity index (χ4v) is 5.24. The van der Waals surface area contributed by atoms with Gasteiger partial charge >= 0.3 is 21.3 Å². The molecule has 20 heteroatoms. The van der Waals surface area contributed by atoms with Crippen LogP contribution in [0.3, 0.4) is 0 Å². The van der Waals surface area contributed by atoms with Gasteiger partial charge in [-0.3, -0.25) is 23.4 Å². The first-order valence-corrected chi connectivity index (χ1v) is 12.4. The summed E-state index contributed by atoms with van der Waals surface area (Å²) in [5.74, 6) is 0. The van der Waals surface area contributed by atoms with E-state index < -0.39 is 89.2 Å². The standard InChI is InChI=1S/C14H22N2O16P2/c17-5-3-28-13(11(22)8(5)19)31-34(26,27)32-33(24,25)29-4-6-9(20)10(21)12(30-6)16-2-1-7(18)15-14(16)23/h1-2,5-6,8-13,17,19-22H,3-4H2,(H,24,25)(H,26,27)(H,15,18,23)/t5-,6-,8-,9-,10+,11+,12+,13-/m0/s1. The summed E-state index contributed by atoms with van der Waals surface area (Å²) in [7, 11) is -10.9. The van der Waals surface area contributed by atoms with Crippen molar-refractivity contribution in [1.82, 2.24) is 9.55 Å². The van der Waals surface area contributed by atoms with Gasteiger partial charge in [0.15, 0.2) is 12.5 Å². The minimum Gasteiger partial charge on any atom is -0.388 e. The molecule has 2 unspecified atom stereocenters. The average molecular weight is 536 g/mol. The third-order valence-electron chi connectivity index (χ3n) is 4.76. The lowest BCUT2D eigenvalue weighted by Gasteiger charge is -2.35. The first-order valence-electron chi connectivity index (χ1n) is 9.39. The number of phosphoric acid groups is 2. The largest absolute Gasteiger partial charge is 0.483 e. The fourth-order valence-electron chi connectivity index (χ4n) is 3.07. The van der Waals surface area contributed by atoms with Gasteiger partial charge in [-0.2, -0.15) is 4.31 Å². The average Bonchev–Trinajstić information content (AvgIpc) is 3.00. The third kappa shape index (κ3) is 6.26. The van der Waals surface area contributed by atoms with E-state index in [4.69, 9.17) is 9.47 Å². The van der Waals surface area contributed by atoms with Gasteiger partial charge in [-0.1, -0.05) is 0 Å². The summed E-state index contributed by atoms with van der Waals surface area (Å²) >= 11 is 0. The van der Waals surface area contributed by atoms with Crippen LogP contribution in [0.5, 0.6) is 0 Å². The van der Waals surface area contributed by atoms with Crippen LogP contribution in [0.25, 0.3) is 0 Å². The van der Waals surface area contributed by atoms with E-state index in [-0.39, 0.29) is 0 Å². The zero-order chi connectivity index (χ0) is 25.4. The van der Waals surface area contributed by atoms with Crippen molar-refractivity contribution in [2.24, 2.45) is 0 Å². The molecule has 0 saturated carbocycles. The Bertz CT molecular complexity index is 1080. The molecule has 194 valence electrons. The Balaban J connectivity index is 1.59. The number of aromatic nitrogens is 2. The number of rotatable bonds is 8. The molecule has 3 rings (SSSR count). The molecule has 2 fully saturated rings. The van der Waals surface area contributed by atoms with E-state index in [9.17, 15) is 54.0 Å². The summed E-state index contributed by atoms with van der Waals surface area (Å²) in [5, 5.41) is 48.8. The summed E-state index contributed by atoms with van der Waals surface area (Å²) in [4.78, 5) is 44.3. The maximum absolute atomic E-state index is 12.1. The number of hydrogen-bond donors (Lipinski definition) is 8. The topological polar surface area (TPSA) is 277 Å². The summed E-state index contributed by atoms with van der Waals surface area (Å²) in [6, 6.07) is 0.939. The predicted molar refractivity (Wildman–Crippen MR) is 103 cm³/mol. The van der Waals surface area contributed by atoms with Gasteiger partial charge in [-0.15, -0.1) is 0 Å². The Labute approximate surface area is 188 Å². The van der Waals surface area contributed by atoms with Crippen LogP contribution in [0.4, 0.5) is 0 Å². The SMILES string of the molecule is O=c1ccn([C@@H]2O[C@@H](COP(=O)(O)OP(=O)(O)O[C@@H]3OC[C@H](O)[C@H](O)[C@H]3O)[C@H](O)[C@H]2O)c(=O)[nH]1. The van der Waals surface area contributed by atoms with Crippen molar-refractivity contribution < 1.29 is 67.3 Å². The van der Waals surface area contributed by atoms with Crippen molar-refractivity contribution >= 4 is 15.6 Å². The molecule has 1 aromatic heterocycles. The van der Waals surface area contributed by atoms with E-state index in [2.05, 4.69) is 13.4 Å². The van der Waals surface area contributed by atoms with Crippen LogP contribution in [-0.4, -0.2) is 101 Å². The lowest BCUT2D eigenvalue weighted by atomic mass is 10.1. The number of H-pyrrole nitrogens is 1. The Morgan fingerprint density at radius 2 is 1.71 bits per heavy atom. The first-order chi connectivity index (χ1) is 15.7. The van der Waals surface area contributed by atoms with Crippen LogP contribution in [0, 0.1) is 0 Å². The lowest BCUT2D eigenvalue weighted by molar-refractivity contribution is -0.245. The second-order valence-corrected chi connectivity index (χ2v) is 10.2. The van der Waals surface area contributed by atoms with E-state index >= 15 is 0 Å². The molecule has 2 aliphatic heterocycles. The maximum atomic E-state index is 12.1. The molecule has 3 heterocycles. The summed E-state index contributed by atoms with van der Waals surface area (Å²) in [6.07, 6.45) is -13.0. The van der Waals surface area contributed by atoms with Crippen molar-refractivity contribution in [3.8, 4) is 0 Å². The van der Waals surface area contributed by atoms with Gasteiger partial charge in [0.1, 0.15) is 36.6 Å². The number of hydrogen-bond acceptors (Lipinski definition) is 14. The highest BCUT2D eigenvalue weighted by molar-refractivity contribution is 7.61. The van der Waals surface area contributed by atoms with Crippen LogP contribution >= 0.6 is 15.6 Å². The highest BCUT2D eigenvalue weighted by Crippen LogP contribution is 2.61. The molecule has 0 radical (unpaired) electrons. The molecule has 10 atom stereocenters. The van der Waals surface area contributed by atoms with Crippen LogP contribution in [0.2, 0.25) is 0 Å². The molecular weight excluding hydrogens is 514 g/mol. The highest BCUT2D eigenvalue weighted by Gasteiger charge is 2.47. The summed E-state index contributed by atoms with van der Waals surface area (Å²) in [5.41, 5.74) is -1.72. The van der Waals surface area contributed by atoms with Gasteiger partial charge in [0, 0.05) is 12.3 Å². The van der Waals surface area contributed by atoms with Gasteiger partial charge in [-0.05, 0) is 0 Å². The van der Waals surface area contributed by atoms with Crippen LogP contribution in [-0.2, 0) is 32.0 Å². The molecule has 8 N–H and O–H groups in total. The number of aliphatic hydroxyl groups is 5. The number of aromatic amines is 1. The molecule has 2 saturated heterocycles. The third-order valence-corrected chi connectivity index (χ3v) is 7.36. The summed E-state index contributed by atoms with van der Waals surface area (Å²) < 4.78 is 47.7. The Morgan fingerprint density at radius 3 is 2.35 bits per heavy atom. The minimum atomic E-state index is -5.47. The molecule has 0 spiro atoms. The first kappa shape index (κ1) is 27.3. The molecular formula is C14H22N2O16P2. The van der Waals surface area contributed by atoms with E-state index in [0.717, 1.165) is 16.8 Å². The Hall–Kier alpha value is -1.34. The molecule has 0 aliphatic carbocycles. The van der Waals surface area contributed by atoms with Gasteiger partial charge in [-0.25, -0.2) is 13.9 Å². The minimum absolute atomic E-state index is 0.602. The van der Waals surface area contributed by atoms with E-state index in [1.165, 1.54) is 0 Å². The van der Waals surface area contributed by atoms with E-state index in [0.29, 0.717) is 0 Å². The zero-order valence-electron chi connectivity index (χ0n) is 16.8. The van der Waals surface area contributed by atoms with Crippen LogP contribution in [0.15, 0.2) is 21.9 Å². The molecule has 18 nitrogen and oxygen atoms in total. The van der Waals surface area contributed by atoms with Crippen molar-refractivity contribution in [1.29, 1.82) is 0 Å². The Kier molecular flexibility index (Phi) is 8.28. The quantitative estimate of drug-likeness (QED) is 0.146. The normalized spacial score (nSPS) is 37.7. The number of phosphoric ester groups is 2. The number of nitrogens with one attached hydrogen (secondary N) is 1. The summed E-state index contributed by atoms with van der Waals surface area (Å²) in [6.45, 7) is -1.59. The predicted octanol–water partition coefficient (Wildman–Crippen LogP) is -4.15. The van der Waals surface area contributed by atoms with E-state index in [1.807, 2.05) is 4.98 Å². The van der Waals surface area contributed by atoms with Crippen molar-refractivity contribution in [3.05, 3.63) is 33.1 Å². The second-order valence-electron chi connectivity index (χ2n) is 7.23. The monoisotopic (exact) mass is 536 g/mol. The van der Waals surface area contributed by atoms with E-state index in [1.54, 1.807) is 0 Å². The van der Waals surface area contributed by atoms with Crippen molar-refractivity contribution in [2.45, 2.75) is 49.1 Å². The van der Waals surface area contributed by atoms with Crippen LogP contribution < -0.4 is 11.2 Å². The zero-order valence-corrected chi connectivity index (χ0v) is 18.6. The molecule has 0 amide bonds. The lowest BCUT2D eigenvalue weighted by Crippen LogP contribution is -2.53. The Morgan fingerprint density at radius 1 is 1.03 bits per heavy atom. The van der Waals surface area contributed by atoms with Crippen molar-refractivity contribution in [3.63, 3.8) is 0 Å². The van der Waals surface area contributed by atoms with Gasteiger partial charge in [0.25, 0.3) is 5.56 Å². The smallest absolute Gasteiger partial charge is 0.388 e. The second kappa shape index (κ2) is 10.3. The fraction of sp³-hybridized carbons (Fsp3) is 0.714. The maximum Gasteiger partial charge on any atom is 0.483 e. The van der Waals surface area contributed by atoms with Gasteiger partial charge < -0.3 is 44.8 Å². The molecule has 34 heavy (non-hydrogen) atoms. The number of ether oxygens (including phenoxy) is 2. The molecule has 0 bridgehead atoms.